The Hall–Kier alpha value is -0.340. The van der Waals surface area contributed by atoms with Crippen molar-refractivity contribution >= 4 is 15.9 Å². The van der Waals surface area contributed by atoms with Crippen LogP contribution in [-0.2, 0) is 0 Å². The molecule has 0 fully saturated rings. The number of aliphatic hydroxyl groups excluding tert-OH is 1. The molecule has 0 aliphatic heterocycles. The van der Waals surface area contributed by atoms with Gasteiger partial charge >= 0.3 is 0 Å². The van der Waals surface area contributed by atoms with Gasteiger partial charge in [0.2, 0.25) is 0 Å². The molecule has 19 heavy (non-hydrogen) atoms. The summed E-state index contributed by atoms with van der Waals surface area (Å²) in [6.45, 7) is 4.31. The van der Waals surface area contributed by atoms with Gasteiger partial charge < -0.3 is 5.11 Å². The Morgan fingerprint density at radius 1 is 1.05 bits per heavy atom. The Labute approximate surface area is 126 Å². The fraction of sp³-hybridized carbons (Fsp3) is 0.647. The third kappa shape index (κ3) is 6.09. The second-order valence-electron chi connectivity index (χ2n) is 5.40. The molecule has 0 amide bonds. The molecule has 1 aromatic carbocycles. The van der Waals surface area contributed by atoms with Gasteiger partial charge in [0.05, 0.1) is 6.10 Å². The molecule has 1 rings (SSSR count). The summed E-state index contributed by atoms with van der Waals surface area (Å²) in [5.74, 6) is 0. The number of hydrogen-bond acceptors (Lipinski definition) is 1. The first kappa shape index (κ1) is 16.7. The first-order chi connectivity index (χ1) is 9.16. The molecule has 1 unspecified atom stereocenters. The number of aryl methyl sites for hydroxylation is 1. The van der Waals surface area contributed by atoms with Crippen molar-refractivity contribution in [2.75, 3.05) is 0 Å². The minimum Gasteiger partial charge on any atom is -0.388 e. The lowest BCUT2D eigenvalue weighted by molar-refractivity contribution is 0.162. The molecule has 1 atom stereocenters. The zero-order chi connectivity index (χ0) is 14.1. The lowest BCUT2D eigenvalue weighted by Gasteiger charge is -2.14. The Morgan fingerprint density at radius 2 is 1.68 bits per heavy atom. The van der Waals surface area contributed by atoms with E-state index in [1.54, 1.807) is 0 Å². The number of hydrogen-bond donors (Lipinski definition) is 1. The van der Waals surface area contributed by atoms with Crippen molar-refractivity contribution < 1.29 is 5.11 Å². The second kappa shape index (κ2) is 9.55. The second-order valence-corrected chi connectivity index (χ2v) is 6.20. The Kier molecular flexibility index (Phi) is 8.40. The zero-order valence-electron chi connectivity index (χ0n) is 12.3. The van der Waals surface area contributed by atoms with E-state index in [4.69, 9.17) is 0 Å². The predicted molar refractivity (Wildman–Crippen MR) is 86.4 cm³/mol. The van der Waals surface area contributed by atoms with Gasteiger partial charge in [0.15, 0.2) is 0 Å². The van der Waals surface area contributed by atoms with Crippen molar-refractivity contribution in [1.82, 2.24) is 0 Å². The largest absolute Gasteiger partial charge is 0.388 e. The highest BCUT2D eigenvalue weighted by atomic mass is 79.9. The smallest absolute Gasteiger partial charge is 0.0801 e. The van der Waals surface area contributed by atoms with E-state index in [1.807, 2.05) is 12.1 Å². The summed E-state index contributed by atoms with van der Waals surface area (Å²) >= 11 is 3.57. The highest BCUT2D eigenvalue weighted by molar-refractivity contribution is 9.10. The van der Waals surface area contributed by atoms with E-state index in [0.717, 1.165) is 22.9 Å². The summed E-state index contributed by atoms with van der Waals surface area (Å²) < 4.78 is 1.06. The summed E-state index contributed by atoms with van der Waals surface area (Å²) in [5, 5.41) is 10.2. The highest BCUT2D eigenvalue weighted by Gasteiger charge is 2.11. The molecule has 0 spiro atoms. The van der Waals surface area contributed by atoms with Gasteiger partial charge in [-0.05, 0) is 24.5 Å². The van der Waals surface area contributed by atoms with Crippen LogP contribution in [-0.4, -0.2) is 5.11 Å². The molecule has 0 heterocycles. The number of rotatable bonds is 9. The highest BCUT2D eigenvalue weighted by Crippen LogP contribution is 2.29. The third-order valence-corrected chi connectivity index (χ3v) is 4.75. The summed E-state index contributed by atoms with van der Waals surface area (Å²) in [6.07, 6.45) is 9.58. The summed E-state index contributed by atoms with van der Waals surface area (Å²) in [5.41, 5.74) is 2.22. The molecule has 0 radical (unpaired) electrons. The average molecular weight is 327 g/mol. The van der Waals surface area contributed by atoms with Crippen molar-refractivity contribution in [2.24, 2.45) is 0 Å². The van der Waals surface area contributed by atoms with E-state index < -0.39 is 0 Å². The lowest BCUT2D eigenvalue weighted by Crippen LogP contribution is -1.99. The van der Waals surface area contributed by atoms with Crippen molar-refractivity contribution in [3.8, 4) is 0 Å². The molecule has 1 nitrogen and oxygen atoms in total. The number of unbranched alkanes of at least 4 members (excludes halogenated alkanes) is 6. The van der Waals surface area contributed by atoms with Crippen LogP contribution in [0.2, 0.25) is 0 Å². The SMILES string of the molecule is CCCCCCCCCC(O)c1cccc(C)c1Br. The normalized spacial score (nSPS) is 12.6. The van der Waals surface area contributed by atoms with Crippen molar-refractivity contribution in [1.29, 1.82) is 0 Å². The van der Waals surface area contributed by atoms with Crippen LogP contribution in [0.1, 0.15) is 75.5 Å². The quantitative estimate of drug-likeness (QED) is 0.557. The van der Waals surface area contributed by atoms with Crippen LogP contribution in [0.4, 0.5) is 0 Å². The first-order valence-corrected chi connectivity index (χ1v) is 8.39. The van der Waals surface area contributed by atoms with Gasteiger partial charge in [-0.1, -0.05) is 86.0 Å². The van der Waals surface area contributed by atoms with E-state index in [-0.39, 0.29) is 6.10 Å². The van der Waals surface area contributed by atoms with Crippen molar-refractivity contribution in [3.63, 3.8) is 0 Å². The van der Waals surface area contributed by atoms with E-state index in [9.17, 15) is 5.11 Å². The molecule has 0 bridgehead atoms. The average Bonchev–Trinajstić information content (AvgIpc) is 2.40. The first-order valence-electron chi connectivity index (χ1n) is 7.60. The predicted octanol–water partition coefficient (Wildman–Crippen LogP) is 5.93. The molecule has 0 aliphatic carbocycles. The molecule has 0 aromatic heterocycles. The van der Waals surface area contributed by atoms with Crippen LogP contribution in [0.5, 0.6) is 0 Å². The number of benzene rings is 1. The van der Waals surface area contributed by atoms with Gasteiger partial charge in [0.1, 0.15) is 0 Å². The maximum Gasteiger partial charge on any atom is 0.0801 e. The van der Waals surface area contributed by atoms with Crippen molar-refractivity contribution in [2.45, 2.75) is 71.3 Å². The monoisotopic (exact) mass is 326 g/mol. The lowest BCUT2D eigenvalue weighted by atomic mass is 10.0. The topological polar surface area (TPSA) is 20.2 Å². The van der Waals surface area contributed by atoms with Gasteiger partial charge in [-0.15, -0.1) is 0 Å². The minimum absolute atomic E-state index is 0.329. The Bertz CT molecular complexity index is 362. The van der Waals surface area contributed by atoms with Gasteiger partial charge in [-0.2, -0.15) is 0 Å². The fourth-order valence-electron chi connectivity index (χ4n) is 2.38. The Morgan fingerprint density at radius 3 is 2.37 bits per heavy atom. The number of halogens is 1. The third-order valence-electron chi connectivity index (χ3n) is 3.66. The molecule has 0 aliphatic rings. The van der Waals surface area contributed by atoms with Crippen LogP contribution in [0.3, 0.4) is 0 Å². The molecule has 108 valence electrons. The molecule has 1 aromatic rings. The van der Waals surface area contributed by atoms with Gasteiger partial charge in [0, 0.05) is 4.47 Å². The molecule has 0 saturated carbocycles. The fourth-order valence-corrected chi connectivity index (χ4v) is 2.91. The van der Waals surface area contributed by atoms with E-state index in [2.05, 4.69) is 35.8 Å². The Balaban J connectivity index is 2.24. The van der Waals surface area contributed by atoms with E-state index >= 15 is 0 Å². The summed E-state index contributed by atoms with van der Waals surface area (Å²) in [7, 11) is 0. The van der Waals surface area contributed by atoms with Crippen LogP contribution >= 0.6 is 15.9 Å². The van der Waals surface area contributed by atoms with E-state index in [1.165, 1.54) is 44.1 Å². The minimum atomic E-state index is -0.329. The molecule has 1 N–H and O–H groups in total. The van der Waals surface area contributed by atoms with Gasteiger partial charge in [-0.3, -0.25) is 0 Å². The van der Waals surface area contributed by atoms with E-state index in [0.29, 0.717) is 0 Å². The molecule has 2 heteroatoms. The van der Waals surface area contributed by atoms with Crippen molar-refractivity contribution in [3.05, 3.63) is 33.8 Å². The molecular weight excluding hydrogens is 300 g/mol. The number of aliphatic hydroxyl groups is 1. The van der Waals surface area contributed by atoms with Crippen LogP contribution in [0.25, 0.3) is 0 Å². The summed E-state index contributed by atoms with van der Waals surface area (Å²) in [4.78, 5) is 0. The van der Waals surface area contributed by atoms with Gasteiger partial charge in [0.25, 0.3) is 0 Å². The maximum atomic E-state index is 10.2. The van der Waals surface area contributed by atoms with Gasteiger partial charge in [-0.25, -0.2) is 0 Å². The molecule has 0 saturated heterocycles. The molecular formula is C17H27BrO. The maximum absolute atomic E-state index is 10.2. The van der Waals surface area contributed by atoms with Crippen LogP contribution in [0.15, 0.2) is 22.7 Å². The van der Waals surface area contributed by atoms with Crippen LogP contribution in [0, 0.1) is 6.92 Å². The standard InChI is InChI=1S/C17H27BrO/c1-3-4-5-6-7-8-9-13-16(19)15-12-10-11-14(2)17(15)18/h10-12,16,19H,3-9,13H2,1-2H3. The zero-order valence-corrected chi connectivity index (χ0v) is 13.9. The van der Waals surface area contributed by atoms with Crippen LogP contribution < -0.4 is 0 Å². The summed E-state index contributed by atoms with van der Waals surface area (Å²) in [6, 6.07) is 6.10.